The predicted octanol–water partition coefficient (Wildman–Crippen LogP) is 1.97. The molecular weight excluding hydrogens is 458 g/mol. The average Bonchev–Trinajstić information content (AvgIpc) is 3.43. The van der Waals surface area contributed by atoms with Crippen LogP contribution in [0.1, 0.15) is 70.6 Å². The molecule has 4 N–H and O–H groups in total. The molecule has 2 aliphatic rings. The van der Waals surface area contributed by atoms with Gasteiger partial charge in [0.15, 0.2) is 5.84 Å². The summed E-state index contributed by atoms with van der Waals surface area (Å²) in [6.07, 6.45) is 5.98. The minimum absolute atomic E-state index is 0.198. The maximum absolute atomic E-state index is 13.8. The number of nitrogens with one attached hydrogen (secondary N) is 1. The molecule has 1 aromatic rings. The van der Waals surface area contributed by atoms with Gasteiger partial charge in [0.05, 0.1) is 16.3 Å². The highest BCUT2D eigenvalue weighted by molar-refractivity contribution is 7.16. The van der Waals surface area contributed by atoms with Gasteiger partial charge in [0.2, 0.25) is 5.91 Å². The normalized spacial score (nSPS) is 18.9. The molecule has 34 heavy (non-hydrogen) atoms. The zero-order valence-corrected chi connectivity index (χ0v) is 20.0. The first-order chi connectivity index (χ1) is 16.2. The Bertz CT molecular complexity index is 1030. The number of aliphatic imine (C=N–C) groups is 1. The molecule has 0 unspecified atom stereocenters. The standard InChI is InChI=1S/C23H30N5O5S/c1-13-14(2)20(34-19(13)21(25)26-12-18(30)31)23(33)28(15-7-4-3-5-8-15)22(32)16-9-6-10-27(16)17(29)11-24/h12,15-16,25H,2-11,24H2,1H3,(H,30,31)/t16-/m0/s1. The summed E-state index contributed by atoms with van der Waals surface area (Å²) < 4.78 is 0. The second-order valence-corrected chi connectivity index (χ2v) is 9.58. The van der Waals surface area contributed by atoms with E-state index >= 15 is 0 Å². The Morgan fingerprint density at radius 1 is 1.21 bits per heavy atom. The minimum Gasteiger partial charge on any atom is -0.477 e. The van der Waals surface area contributed by atoms with E-state index in [1.165, 1.54) is 9.80 Å². The molecule has 3 rings (SSSR count). The zero-order chi connectivity index (χ0) is 25.0. The molecule has 183 valence electrons. The highest BCUT2D eigenvalue weighted by Gasteiger charge is 2.42. The highest BCUT2D eigenvalue weighted by Crippen LogP contribution is 2.33. The second kappa shape index (κ2) is 11.0. The van der Waals surface area contributed by atoms with Crippen LogP contribution in [0.3, 0.4) is 0 Å². The summed E-state index contributed by atoms with van der Waals surface area (Å²) in [5.74, 6) is -2.79. The number of nitrogens with zero attached hydrogens (tertiary/aromatic N) is 3. The molecule has 1 saturated carbocycles. The van der Waals surface area contributed by atoms with Crippen LogP contribution in [0.25, 0.3) is 0 Å². The van der Waals surface area contributed by atoms with E-state index in [1.54, 1.807) is 6.92 Å². The Kier molecular flexibility index (Phi) is 8.32. The van der Waals surface area contributed by atoms with Crippen LogP contribution in [-0.4, -0.2) is 75.8 Å². The fourth-order valence-electron chi connectivity index (χ4n) is 4.62. The third-order valence-corrected chi connectivity index (χ3v) is 7.74. The molecule has 2 fully saturated rings. The number of carbonyl (C=O) groups excluding carboxylic acids is 3. The van der Waals surface area contributed by atoms with Gasteiger partial charge in [-0.05, 0) is 50.7 Å². The van der Waals surface area contributed by atoms with Gasteiger partial charge >= 0.3 is 5.97 Å². The SMILES string of the molecule is [CH2]c1c(C(=O)N(C(=O)[C@@H]2CCCN2C(=O)CN)C2CCCCC2)sc(C(=N)N=CC(=O)O)c1C. The lowest BCUT2D eigenvalue weighted by atomic mass is 9.93. The van der Waals surface area contributed by atoms with Crippen molar-refractivity contribution in [3.05, 3.63) is 27.8 Å². The van der Waals surface area contributed by atoms with E-state index in [1.807, 2.05) is 0 Å². The number of likely N-dealkylation sites (tertiary alicyclic amines) is 1. The Morgan fingerprint density at radius 3 is 2.50 bits per heavy atom. The van der Waals surface area contributed by atoms with Gasteiger partial charge in [-0.3, -0.25) is 24.7 Å². The van der Waals surface area contributed by atoms with Gasteiger partial charge in [0.1, 0.15) is 12.3 Å². The van der Waals surface area contributed by atoms with Crippen molar-refractivity contribution < 1.29 is 24.3 Å². The average molecular weight is 489 g/mol. The van der Waals surface area contributed by atoms with Gasteiger partial charge in [-0.2, -0.15) is 0 Å². The van der Waals surface area contributed by atoms with Crippen molar-refractivity contribution >= 4 is 47.1 Å². The van der Waals surface area contributed by atoms with Gasteiger partial charge in [-0.1, -0.05) is 19.3 Å². The molecular formula is C23H30N5O5S. The summed E-state index contributed by atoms with van der Waals surface area (Å²) >= 11 is 0.980. The predicted molar refractivity (Wildman–Crippen MR) is 128 cm³/mol. The lowest BCUT2D eigenvalue weighted by molar-refractivity contribution is -0.143. The van der Waals surface area contributed by atoms with Crippen LogP contribution in [0.5, 0.6) is 0 Å². The lowest BCUT2D eigenvalue weighted by Gasteiger charge is -2.36. The van der Waals surface area contributed by atoms with E-state index < -0.39 is 23.8 Å². The molecule has 2 heterocycles. The topological polar surface area (TPSA) is 157 Å². The summed E-state index contributed by atoms with van der Waals surface area (Å²) in [5, 5.41) is 16.9. The monoisotopic (exact) mass is 488 g/mol. The van der Waals surface area contributed by atoms with Crippen molar-refractivity contribution in [2.45, 2.75) is 64.0 Å². The Labute approximate surface area is 202 Å². The highest BCUT2D eigenvalue weighted by atomic mass is 32.1. The number of nitrogens with two attached hydrogens (primary N) is 1. The maximum Gasteiger partial charge on any atom is 0.347 e. The number of amidine groups is 1. The fourth-order valence-corrected chi connectivity index (χ4v) is 5.71. The first-order valence-corrected chi connectivity index (χ1v) is 12.2. The molecule has 1 radical (unpaired) electrons. The van der Waals surface area contributed by atoms with Gasteiger partial charge in [0.25, 0.3) is 11.8 Å². The Morgan fingerprint density at radius 2 is 1.88 bits per heavy atom. The quantitative estimate of drug-likeness (QED) is 0.316. The van der Waals surface area contributed by atoms with Crippen molar-refractivity contribution in [2.75, 3.05) is 13.1 Å². The second-order valence-electron chi connectivity index (χ2n) is 8.56. The number of aliphatic carboxylic acids is 1. The van der Waals surface area contributed by atoms with E-state index in [2.05, 4.69) is 11.9 Å². The van der Waals surface area contributed by atoms with E-state index in [-0.39, 0.29) is 29.2 Å². The summed E-state index contributed by atoms with van der Waals surface area (Å²) in [6.45, 7) is 5.90. The van der Waals surface area contributed by atoms with E-state index in [9.17, 15) is 19.2 Å². The fraction of sp³-hybridized carbons (Fsp3) is 0.522. The Hall–Kier alpha value is -2.92. The van der Waals surface area contributed by atoms with E-state index in [0.717, 1.165) is 30.6 Å². The molecule has 10 nitrogen and oxygen atoms in total. The van der Waals surface area contributed by atoms with Crippen LogP contribution >= 0.6 is 11.3 Å². The van der Waals surface area contributed by atoms with Crippen molar-refractivity contribution in [1.29, 1.82) is 5.41 Å². The number of thiophene rings is 1. The lowest BCUT2D eigenvalue weighted by Crippen LogP contribution is -2.54. The first-order valence-electron chi connectivity index (χ1n) is 11.4. The molecule has 1 saturated heterocycles. The van der Waals surface area contributed by atoms with Crippen molar-refractivity contribution in [2.24, 2.45) is 10.7 Å². The molecule has 0 spiro atoms. The molecule has 3 amide bonds. The number of carbonyl (C=O) groups is 4. The third-order valence-electron chi connectivity index (χ3n) is 6.41. The molecule has 0 bridgehead atoms. The molecule has 1 aliphatic carbocycles. The number of hydrogen-bond donors (Lipinski definition) is 3. The molecule has 1 atom stereocenters. The number of amides is 3. The number of carboxylic acid groups (broad SMARTS) is 1. The number of rotatable bonds is 6. The summed E-state index contributed by atoms with van der Waals surface area (Å²) in [4.78, 5) is 57.6. The van der Waals surface area contributed by atoms with Crippen molar-refractivity contribution in [1.82, 2.24) is 9.80 Å². The van der Waals surface area contributed by atoms with Crippen LogP contribution in [-0.2, 0) is 14.4 Å². The van der Waals surface area contributed by atoms with Crippen LogP contribution < -0.4 is 5.73 Å². The Balaban J connectivity index is 1.97. The summed E-state index contributed by atoms with van der Waals surface area (Å²) in [6, 6.07) is -1.01. The number of imide groups is 1. The van der Waals surface area contributed by atoms with E-state index in [4.69, 9.17) is 16.2 Å². The largest absolute Gasteiger partial charge is 0.477 e. The molecule has 1 aromatic heterocycles. The molecule has 1 aliphatic heterocycles. The van der Waals surface area contributed by atoms with Gasteiger partial charge in [0, 0.05) is 12.6 Å². The summed E-state index contributed by atoms with van der Waals surface area (Å²) in [5.41, 5.74) is 6.46. The number of hydrogen-bond acceptors (Lipinski definition) is 7. The van der Waals surface area contributed by atoms with Crippen LogP contribution in [0.15, 0.2) is 4.99 Å². The summed E-state index contributed by atoms with van der Waals surface area (Å²) in [7, 11) is 0. The van der Waals surface area contributed by atoms with Gasteiger partial charge in [-0.15, -0.1) is 11.3 Å². The first kappa shape index (κ1) is 25.7. The molecule has 11 heteroatoms. The third kappa shape index (κ3) is 5.25. The van der Waals surface area contributed by atoms with Gasteiger partial charge < -0.3 is 15.7 Å². The van der Waals surface area contributed by atoms with Crippen LogP contribution in [0.2, 0.25) is 0 Å². The van der Waals surface area contributed by atoms with Crippen LogP contribution in [0, 0.1) is 19.3 Å². The molecule has 0 aromatic carbocycles. The number of carboxylic acids is 1. The van der Waals surface area contributed by atoms with Crippen molar-refractivity contribution in [3.8, 4) is 0 Å². The smallest absolute Gasteiger partial charge is 0.347 e. The van der Waals surface area contributed by atoms with Gasteiger partial charge in [-0.25, -0.2) is 9.79 Å². The minimum atomic E-state index is -1.28. The maximum atomic E-state index is 13.8. The van der Waals surface area contributed by atoms with Crippen LogP contribution in [0.4, 0.5) is 0 Å². The van der Waals surface area contributed by atoms with Crippen molar-refractivity contribution in [3.63, 3.8) is 0 Å². The van der Waals surface area contributed by atoms with E-state index in [0.29, 0.717) is 54.4 Å². The zero-order valence-electron chi connectivity index (χ0n) is 19.2.